The number of hydrogen-bond donors (Lipinski definition) is 1. The fourth-order valence-corrected chi connectivity index (χ4v) is 2.41. The lowest BCUT2D eigenvalue weighted by molar-refractivity contribution is 0.500. The van der Waals surface area contributed by atoms with Crippen LogP contribution in [0.25, 0.3) is 0 Å². The fourth-order valence-electron chi connectivity index (χ4n) is 1.48. The van der Waals surface area contributed by atoms with Crippen molar-refractivity contribution < 1.29 is 8.78 Å². The highest BCUT2D eigenvalue weighted by molar-refractivity contribution is 7.11. The van der Waals surface area contributed by atoms with Gasteiger partial charge in [0.2, 0.25) is 0 Å². The molecule has 2 rings (SSSR count). The van der Waals surface area contributed by atoms with Gasteiger partial charge in [-0.1, -0.05) is 23.5 Å². The van der Waals surface area contributed by atoms with Gasteiger partial charge in [-0.05, 0) is 25.6 Å². The van der Waals surface area contributed by atoms with Crippen LogP contribution in [-0.2, 0) is 6.42 Å². The van der Waals surface area contributed by atoms with E-state index in [9.17, 15) is 8.78 Å². The predicted octanol–water partition coefficient (Wildman–Crippen LogP) is 2.69. The summed E-state index contributed by atoms with van der Waals surface area (Å²) in [6.45, 7) is 1.97. The molecule has 0 saturated heterocycles. The van der Waals surface area contributed by atoms with E-state index in [0.29, 0.717) is 10.6 Å². The van der Waals surface area contributed by atoms with Gasteiger partial charge in [-0.25, -0.2) is 8.78 Å². The molecule has 0 saturated carbocycles. The largest absolute Gasteiger partial charge is 0.311 e. The quantitative estimate of drug-likeness (QED) is 0.927. The molecule has 1 aromatic carbocycles. The Morgan fingerprint density at radius 1 is 1.33 bits per heavy atom. The van der Waals surface area contributed by atoms with E-state index in [-0.39, 0.29) is 12.5 Å². The maximum absolute atomic E-state index is 13.5. The van der Waals surface area contributed by atoms with Crippen LogP contribution in [0.4, 0.5) is 8.78 Å². The molecule has 2 aromatic rings. The Kier molecular flexibility index (Phi) is 3.98. The Bertz CT molecular complexity index is 542. The minimum atomic E-state index is -0.833. The van der Waals surface area contributed by atoms with Crippen LogP contribution in [0.1, 0.15) is 28.5 Å². The molecule has 0 aliphatic heterocycles. The lowest BCUT2D eigenvalue weighted by atomic mass is 10.1. The number of aromatic nitrogens is 2. The molecular weight excluding hydrogens is 256 g/mol. The number of rotatable bonds is 4. The standard InChI is InChI=1S/C12H13F2N3S/c1-7(15-2)12-17-16-10(18-12)6-8-4-3-5-9(13)11(8)14/h3-5,7,15H,6H2,1-2H3. The third-order valence-corrected chi connectivity index (χ3v) is 3.77. The lowest BCUT2D eigenvalue weighted by Crippen LogP contribution is -2.11. The zero-order valence-electron chi connectivity index (χ0n) is 10.1. The highest BCUT2D eigenvalue weighted by Gasteiger charge is 2.13. The summed E-state index contributed by atoms with van der Waals surface area (Å²) >= 11 is 1.40. The average molecular weight is 269 g/mol. The monoisotopic (exact) mass is 269 g/mol. The third-order valence-electron chi connectivity index (χ3n) is 2.66. The highest BCUT2D eigenvalue weighted by atomic mass is 32.1. The Hall–Kier alpha value is -1.40. The molecule has 18 heavy (non-hydrogen) atoms. The van der Waals surface area contributed by atoms with Crippen molar-refractivity contribution >= 4 is 11.3 Å². The number of hydrogen-bond acceptors (Lipinski definition) is 4. The molecule has 0 fully saturated rings. The summed E-state index contributed by atoms with van der Waals surface area (Å²) < 4.78 is 26.5. The fraction of sp³-hybridized carbons (Fsp3) is 0.333. The summed E-state index contributed by atoms with van der Waals surface area (Å²) in [4.78, 5) is 0. The molecule has 0 aliphatic rings. The van der Waals surface area contributed by atoms with Gasteiger partial charge < -0.3 is 5.32 Å². The molecule has 0 spiro atoms. The van der Waals surface area contributed by atoms with E-state index in [2.05, 4.69) is 15.5 Å². The molecule has 1 aromatic heterocycles. The van der Waals surface area contributed by atoms with Gasteiger partial charge in [-0.3, -0.25) is 0 Å². The first kappa shape index (κ1) is 13.0. The maximum Gasteiger partial charge on any atom is 0.162 e. The zero-order chi connectivity index (χ0) is 13.1. The topological polar surface area (TPSA) is 37.8 Å². The van der Waals surface area contributed by atoms with Gasteiger partial charge in [0.05, 0.1) is 6.04 Å². The highest BCUT2D eigenvalue weighted by Crippen LogP contribution is 2.21. The molecule has 1 unspecified atom stereocenters. The molecule has 6 heteroatoms. The first-order chi connectivity index (χ1) is 8.61. The van der Waals surface area contributed by atoms with Crippen molar-refractivity contribution in [2.75, 3.05) is 7.05 Å². The van der Waals surface area contributed by atoms with Crippen LogP contribution in [0.2, 0.25) is 0 Å². The van der Waals surface area contributed by atoms with E-state index >= 15 is 0 Å². The Labute approximate surface area is 108 Å². The second kappa shape index (κ2) is 5.49. The molecule has 0 amide bonds. The summed E-state index contributed by atoms with van der Waals surface area (Å²) in [5, 5.41) is 12.6. The molecule has 96 valence electrons. The number of halogens is 2. The van der Waals surface area contributed by atoms with Crippen LogP contribution in [0, 0.1) is 11.6 Å². The first-order valence-corrected chi connectivity index (χ1v) is 6.36. The van der Waals surface area contributed by atoms with E-state index in [1.165, 1.54) is 17.4 Å². The second-order valence-electron chi connectivity index (χ2n) is 3.93. The van der Waals surface area contributed by atoms with Gasteiger partial charge >= 0.3 is 0 Å². The summed E-state index contributed by atoms with van der Waals surface area (Å²) in [6.07, 6.45) is 0.262. The van der Waals surface area contributed by atoms with Crippen LogP contribution in [0.3, 0.4) is 0 Å². The van der Waals surface area contributed by atoms with Crippen LogP contribution in [0.5, 0.6) is 0 Å². The van der Waals surface area contributed by atoms with Gasteiger partial charge in [0, 0.05) is 6.42 Å². The lowest BCUT2D eigenvalue weighted by Gasteiger charge is -2.03. The number of nitrogens with zero attached hydrogens (tertiary/aromatic N) is 2. The molecule has 0 radical (unpaired) electrons. The van der Waals surface area contributed by atoms with Crippen LogP contribution in [-0.4, -0.2) is 17.2 Å². The van der Waals surface area contributed by atoms with Gasteiger partial charge in [-0.2, -0.15) is 0 Å². The SMILES string of the molecule is CNC(C)c1nnc(Cc2cccc(F)c2F)s1. The van der Waals surface area contributed by atoms with Crippen molar-refractivity contribution in [3.05, 3.63) is 45.4 Å². The number of benzene rings is 1. The number of nitrogens with one attached hydrogen (secondary N) is 1. The molecule has 3 nitrogen and oxygen atoms in total. The predicted molar refractivity (Wildman–Crippen MR) is 66.5 cm³/mol. The van der Waals surface area contributed by atoms with E-state index < -0.39 is 11.6 Å². The van der Waals surface area contributed by atoms with Gasteiger partial charge in [0.15, 0.2) is 11.6 Å². The first-order valence-electron chi connectivity index (χ1n) is 5.54. The van der Waals surface area contributed by atoms with Crippen LogP contribution < -0.4 is 5.32 Å². The minimum absolute atomic E-state index is 0.105. The van der Waals surface area contributed by atoms with Crippen LogP contribution in [0.15, 0.2) is 18.2 Å². The summed E-state index contributed by atoms with van der Waals surface area (Å²) in [5.41, 5.74) is 0.301. The van der Waals surface area contributed by atoms with Crippen molar-refractivity contribution in [2.24, 2.45) is 0 Å². The van der Waals surface area contributed by atoms with Gasteiger partial charge in [-0.15, -0.1) is 10.2 Å². The van der Waals surface area contributed by atoms with Crippen molar-refractivity contribution in [2.45, 2.75) is 19.4 Å². The van der Waals surface area contributed by atoms with Crippen molar-refractivity contribution in [1.29, 1.82) is 0 Å². The van der Waals surface area contributed by atoms with E-state index in [0.717, 1.165) is 11.1 Å². The van der Waals surface area contributed by atoms with Gasteiger partial charge in [0.25, 0.3) is 0 Å². The van der Waals surface area contributed by atoms with E-state index in [4.69, 9.17) is 0 Å². The summed E-state index contributed by atoms with van der Waals surface area (Å²) in [5.74, 6) is -1.64. The van der Waals surface area contributed by atoms with Crippen molar-refractivity contribution in [1.82, 2.24) is 15.5 Å². The van der Waals surface area contributed by atoms with Crippen LogP contribution >= 0.6 is 11.3 Å². The molecule has 1 N–H and O–H groups in total. The van der Waals surface area contributed by atoms with E-state index in [1.54, 1.807) is 6.07 Å². The molecule has 0 bridgehead atoms. The minimum Gasteiger partial charge on any atom is -0.311 e. The zero-order valence-corrected chi connectivity index (χ0v) is 10.9. The molecule has 1 heterocycles. The average Bonchev–Trinajstić information content (AvgIpc) is 2.82. The van der Waals surface area contributed by atoms with Crippen molar-refractivity contribution in [3.63, 3.8) is 0 Å². The molecule has 1 atom stereocenters. The summed E-state index contributed by atoms with van der Waals surface area (Å²) in [7, 11) is 1.83. The van der Waals surface area contributed by atoms with E-state index in [1.807, 2.05) is 14.0 Å². The Morgan fingerprint density at radius 3 is 2.83 bits per heavy atom. The molecular formula is C12H13F2N3S. The molecule has 0 aliphatic carbocycles. The maximum atomic E-state index is 13.5. The normalized spacial score (nSPS) is 12.7. The van der Waals surface area contributed by atoms with Crippen molar-refractivity contribution in [3.8, 4) is 0 Å². The Morgan fingerprint density at radius 2 is 2.11 bits per heavy atom. The Balaban J connectivity index is 2.19. The third kappa shape index (κ3) is 2.70. The van der Waals surface area contributed by atoms with Gasteiger partial charge in [0.1, 0.15) is 10.0 Å². The smallest absolute Gasteiger partial charge is 0.162 e. The second-order valence-corrected chi connectivity index (χ2v) is 5.03. The summed E-state index contributed by atoms with van der Waals surface area (Å²) in [6, 6.07) is 4.26.